The summed E-state index contributed by atoms with van der Waals surface area (Å²) in [6, 6.07) is 16.3. The predicted octanol–water partition coefficient (Wildman–Crippen LogP) is 3.80. The highest BCUT2D eigenvalue weighted by molar-refractivity contribution is 7.89. The van der Waals surface area contributed by atoms with Gasteiger partial charge in [0, 0.05) is 6.07 Å². The first-order chi connectivity index (χ1) is 14.7. The Morgan fingerprint density at radius 3 is 2.26 bits per heavy atom. The number of methoxy groups -OCH3 is 2. The highest BCUT2D eigenvalue weighted by atomic mass is 32.2. The van der Waals surface area contributed by atoms with Gasteiger partial charge in [0.05, 0.1) is 24.8 Å². The molecule has 0 aliphatic carbocycles. The minimum atomic E-state index is -3.92. The molecule has 1 atom stereocenters. The zero-order chi connectivity index (χ0) is 22.6. The Labute approximate surface area is 182 Å². The Bertz CT molecular complexity index is 1190. The Balaban J connectivity index is 1.85. The summed E-state index contributed by atoms with van der Waals surface area (Å²) in [7, 11) is -0.912. The molecule has 0 aliphatic rings. The minimum Gasteiger partial charge on any atom is -0.497 e. The number of anilines is 1. The van der Waals surface area contributed by atoms with Crippen molar-refractivity contribution in [2.45, 2.75) is 24.8 Å². The van der Waals surface area contributed by atoms with E-state index in [2.05, 4.69) is 10.0 Å². The van der Waals surface area contributed by atoms with Crippen molar-refractivity contribution in [1.29, 1.82) is 0 Å². The first kappa shape index (κ1) is 22.6. The number of hydrogen-bond acceptors (Lipinski definition) is 5. The second-order valence-electron chi connectivity index (χ2n) is 7.41. The fourth-order valence-electron chi connectivity index (χ4n) is 3.17. The van der Waals surface area contributed by atoms with Gasteiger partial charge in [-0.25, -0.2) is 8.42 Å². The highest BCUT2D eigenvalue weighted by Crippen LogP contribution is 2.29. The third-order valence-electron chi connectivity index (χ3n) is 4.93. The van der Waals surface area contributed by atoms with Gasteiger partial charge in [0.2, 0.25) is 15.9 Å². The molecule has 0 heterocycles. The third kappa shape index (κ3) is 5.15. The van der Waals surface area contributed by atoms with Crippen LogP contribution in [-0.2, 0) is 14.8 Å². The van der Waals surface area contributed by atoms with E-state index in [4.69, 9.17) is 9.47 Å². The average molecular weight is 443 g/mol. The number of amides is 1. The standard InChI is InChI=1S/C23H26N2O5S/c1-15(2)22(23(26)24-20-12-10-18(29-3)14-21(20)30-4)25-31(27,28)19-11-9-16-7-5-6-8-17(16)13-19/h5-15,22,25H,1-4H3,(H,24,26)/t22-/m1/s1. The summed E-state index contributed by atoms with van der Waals surface area (Å²) < 4.78 is 39.1. The lowest BCUT2D eigenvalue weighted by Crippen LogP contribution is -2.47. The van der Waals surface area contributed by atoms with Crippen LogP contribution in [0.5, 0.6) is 11.5 Å². The molecular weight excluding hydrogens is 416 g/mol. The third-order valence-corrected chi connectivity index (χ3v) is 6.37. The lowest BCUT2D eigenvalue weighted by Gasteiger charge is -2.22. The maximum Gasteiger partial charge on any atom is 0.242 e. The molecule has 0 spiro atoms. The van der Waals surface area contributed by atoms with Crippen LogP contribution in [-0.4, -0.2) is 34.6 Å². The second-order valence-corrected chi connectivity index (χ2v) is 9.12. The van der Waals surface area contributed by atoms with E-state index in [1.54, 1.807) is 44.2 Å². The molecule has 3 rings (SSSR count). The lowest BCUT2D eigenvalue weighted by molar-refractivity contribution is -0.118. The van der Waals surface area contributed by atoms with Gasteiger partial charge in [-0.2, -0.15) is 4.72 Å². The van der Waals surface area contributed by atoms with Gasteiger partial charge in [-0.15, -0.1) is 0 Å². The lowest BCUT2D eigenvalue weighted by atomic mass is 10.0. The van der Waals surface area contributed by atoms with Crippen molar-refractivity contribution in [1.82, 2.24) is 4.72 Å². The van der Waals surface area contributed by atoms with Crippen LogP contribution in [0.2, 0.25) is 0 Å². The maximum absolute atomic E-state index is 13.0. The number of fused-ring (bicyclic) bond motifs is 1. The van der Waals surface area contributed by atoms with E-state index in [0.29, 0.717) is 17.2 Å². The quantitative estimate of drug-likeness (QED) is 0.553. The number of rotatable bonds is 8. The van der Waals surface area contributed by atoms with E-state index in [1.807, 2.05) is 24.3 Å². The van der Waals surface area contributed by atoms with Gasteiger partial charge in [-0.05, 0) is 41.0 Å². The minimum absolute atomic E-state index is 0.103. The van der Waals surface area contributed by atoms with Crippen molar-refractivity contribution in [2.24, 2.45) is 5.92 Å². The molecule has 0 saturated heterocycles. The summed E-state index contributed by atoms with van der Waals surface area (Å²) in [4.78, 5) is 13.1. The van der Waals surface area contributed by atoms with E-state index in [1.165, 1.54) is 20.3 Å². The van der Waals surface area contributed by atoms with E-state index in [-0.39, 0.29) is 10.8 Å². The molecule has 0 unspecified atom stereocenters. The number of benzene rings is 3. The molecule has 3 aromatic carbocycles. The average Bonchev–Trinajstić information content (AvgIpc) is 2.77. The molecule has 7 nitrogen and oxygen atoms in total. The zero-order valence-corrected chi connectivity index (χ0v) is 18.7. The van der Waals surface area contributed by atoms with Crippen LogP contribution < -0.4 is 19.5 Å². The number of carbonyl (C=O) groups is 1. The van der Waals surface area contributed by atoms with Gasteiger partial charge in [0.1, 0.15) is 17.5 Å². The van der Waals surface area contributed by atoms with Gasteiger partial charge in [0.15, 0.2) is 0 Å². The van der Waals surface area contributed by atoms with Crippen molar-refractivity contribution in [3.8, 4) is 11.5 Å². The topological polar surface area (TPSA) is 93.7 Å². The van der Waals surface area contributed by atoms with E-state index in [0.717, 1.165) is 10.8 Å². The smallest absolute Gasteiger partial charge is 0.242 e. The van der Waals surface area contributed by atoms with E-state index >= 15 is 0 Å². The van der Waals surface area contributed by atoms with Crippen molar-refractivity contribution in [3.63, 3.8) is 0 Å². The first-order valence-corrected chi connectivity index (χ1v) is 11.3. The molecule has 0 fully saturated rings. The van der Waals surface area contributed by atoms with Crippen molar-refractivity contribution in [3.05, 3.63) is 60.7 Å². The Morgan fingerprint density at radius 1 is 0.903 bits per heavy atom. The molecule has 3 aromatic rings. The molecular formula is C23H26N2O5S. The summed E-state index contributed by atoms with van der Waals surface area (Å²) in [5, 5.41) is 4.49. The highest BCUT2D eigenvalue weighted by Gasteiger charge is 2.29. The van der Waals surface area contributed by atoms with Gasteiger partial charge in [-0.3, -0.25) is 4.79 Å². The molecule has 8 heteroatoms. The predicted molar refractivity (Wildman–Crippen MR) is 121 cm³/mol. The fraction of sp³-hybridized carbons (Fsp3) is 0.261. The van der Waals surface area contributed by atoms with Crippen molar-refractivity contribution >= 4 is 32.4 Å². The van der Waals surface area contributed by atoms with Gasteiger partial charge in [-0.1, -0.05) is 44.2 Å². The largest absolute Gasteiger partial charge is 0.497 e. The Morgan fingerprint density at radius 2 is 1.61 bits per heavy atom. The summed E-state index contributed by atoms with van der Waals surface area (Å²) in [6.45, 7) is 3.55. The molecule has 31 heavy (non-hydrogen) atoms. The summed E-state index contributed by atoms with van der Waals surface area (Å²) in [6.07, 6.45) is 0. The van der Waals surface area contributed by atoms with E-state index in [9.17, 15) is 13.2 Å². The van der Waals surface area contributed by atoms with Crippen LogP contribution in [0, 0.1) is 5.92 Å². The van der Waals surface area contributed by atoms with Crippen LogP contribution in [0.1, 0.15) is 13.8 Å². The Hall–Kier alpha value is -3.10. The first-order valence-electron chi connectivity index (χ1n) is 9.79. The molecule has 0 aromatic heterocycles. The normalized spacial score (nSPS) is 12.5. The summed E-state index contributed by atoms with van der Waals surface area (Å²) >= 11 is 0. The molecule has 0 bridgehead atoms. The number of ether oxygens (including phenoxy) is 2. The SMILES string of the molecule is COc1ccc(NC(=O)[C@H](NS(=O)(=O)c2ccc3ccccc3c2)C(C)C)c(OC)c1. The fourth-order valence-corrected chi connectivity index (χ4v) is 4.55. The molecule has 0 radical (unpaired) electrons. The van der Waals surface area contributed by atoms with Gasteiger partial charge < -0.3 is 14.8 Å². The van der Waals surface area contributed by atoms with Crippen molar-refractivity contribution in [2.75, 3.05) is 19.5 Å². The van der Waals surface area contributed by atoms with Crippen LogP contribution in [0.15, 0.2) is 65.6 Å². The van der Waals surface area contributed by atoms with E-state index < -0.39 is 22.0 Å². The molecule has 0 aliphatic heterocycles. The summed E-state index contributed by atoms with van der Waals surface area (Å²) in [5.41, 5.74) is 0.420. The van der Waals surface area contributed by atoms with Crippen LogP contribution in [0.4, 0.5) is 5.69 Å². The van der Waals surface area contributed by atoms with Gasteiger partial charge >= 0.3 is 0 Å². The Kier molecular flexibility index (Phi) is 6.82. The number of carbonyl (C=O) groups excluding carboxylic acids is 1. The molecule has 164 valence electrons. The van der Waals surface area contributed by atoms with Crippen LogP contribution in [0.3, 0.4) is 0 Å². The zero-order valence-electron chi connectivity index (χ0n) is 17.9. The number of nitrogens with one attached hydrogen (secondary N) is 2. The van der Waals surface area contributed by atoms with Crippen molar-refractivity contribution < 1.29 is 22.7 Å². The second kappa shape index (κ2) is 9.36. The number of hydrogen-bond donors (Lipinski definition) is 2. The van der Waals surface area contributed by atoms with Crippen LogP contribution in [0.25, 0.3) is 10.8 Å². The molecule has 0 saturated carbocycles. The number of sulfonamides is 1. The molecule has 1 amide bonds. The monoisotopic (exact) mass is 442 g/mol. The van der Waals surface area contributed by atoms with Crippen LogP contribution >= 0.6 is 0 Å². The van der Waals surface area contributed by atoms with Gasteiger partial charge in [0.25, 0.3) is 0 Å². The molecule has 2 N–H and O–H groups in total. The summed E-state index contributed by atoms with van der Waals surface area (Å²) in [5.74, 6) is 0.210. The maximum atomic E-state index is 13.0.